The summed E-state index contributed by atoms with van der Waals surface area (Å²) in [5.74, 6) is -0.323. The van der Waals surface area contributed by atoms with Crippen LogP contribution in [-0.2, 0) is 19.8 Å². The Labute approximate surface area is 151 Å². The smallest absolute Gasteiger partial charge is 0.346 e. The monoisotopic (exact) mass is 380 g/mol. The van der Waals surface area contributed by atoms with Crippen LogP contribution in [0.4, 0.5) is 13.2 Å². The first-order valence-electron chi connectivity index (χ1n) is 7.65. The van der Waals surface area contributed by atoms with E-state index in [2.05, 4.69) is 15.4 Å². The Morgan fingerprint density at radius 1 is 1.31 bits per heavy atom. The van der Waals surface area contributed by atoms with E-state index in [-0.39, 0.29) is 18.1 Å². The van der Waals surface area contributed by atoms with Gasteiger partial charge in [0.15, 0.2) is 5.69 Å². The number of amides is 1. The molecule has 5 nitrogen and oxygen atoms in total. The first-order chi connectivity index (χ1) is 12.2. The van der Waals surface area contributed by atoms with E-state index in [1.54, 1.807) is 24.3 Å². The largest absolute Gasteiger partial charge is 0.435 e. The van der Waals surface area contributed by atoms with E-state index >= 15 is 0 Å². The van der Waals surface area contributed by atoms with Gasteiger partial charge < -0.3 is 5.32 Å². The maximum Gasteiger partial charge on any atom is 0.435 e. The lowest BCUT2D eigenvalue weighted by Crippen LogP contribution is -2.22. The molecule has 0 saturated carbocycles. The number of hydrogen-bond acceptors (Lipinski definition) is 4. The Morgan fingerprint density at radius 3 is 2.69 bits per heavy atom. The van der Waals surface area contributed by atoms with Crippen molar-refractivity contribution in [2.75, 3.05) is 0 Å². The Morgan fingerprint density at radius 2 is 2.08 bits per heavy atom. The minimum Gasteiger partial charge on any atom is -0.346 e. The van der Waals surface area contributed by atoms with Gasteiger partial charge in [-0.1, -0.05) is 12.1 Å². The molecule has 0 atom stereocenters. The fourth-order valence-electron chi connectivity index (χ4n) is 2.46. The summed E-state index contributed by atoms with van der Waals surface area (Å²) < 4.78 is 39.6. The molecule has 3 aromatic rings. The third-order valence-electron chi connectivity index (χ3n) is 3.69. The van der Waals surface area contributed by atoms with Crippen molar-refractivity contribution in [3.05, 3.63) is 57.7 Å². The van der Waals surface area contributed by atoms with E-state index < -0.39 is 11.9 Å². The molecule has 0 radical (unpaired) electrons. The molecule has 3 rings (SSSR count). The van der Waals surface area contributed by atoms with Gasteiger partial charge in [-0.25, -0.2) is 4.98 Å². The summed E-state index contributed by atoms with van der Waals surface area (Å²) in [6.45, 7) is 2.17. The number of aromatic nitrogens is 3. The van der Waals surface area contributed by atoms with E-state index in [4.69, 9.17) is 0 Å². The van der Waals surface area contributed by atoms with Crippen LogP contribution in [0.3, 0.4) is 0 Å². The van der Waals surface area contributed by atoms with Gasteiger partial charge in [0.1, 0.15) is 0 Å². The Balaban J connectivity index is 1.80. The molecule has 0 bridgehead atoms. The summed E-state index contributed by atoms with van der Waals surface area (Å²) in [5.41, 5.74) is 0.904. The molecule has 0 aliphatic heterocycles. The molecular weight excluding hydrogens is 365 g/mol. The molecule has 1 N–H and O–H groups in total. The number of carbonyl (C=O) groups is 1. The van der Waals surface area contributed by atoms with Crippen LogP contribution in [0.15, 0.2) is 35.7 Å². The van der Waals surface area contributed by atoms with Gasteiger partial charge in [0, 0.05) is 23.6 Å². The second-order valence-electron chi connectivity index (χ2n) is 5.66. The first kappa shape index (κ1) is 18.1. The first-order valence-corrected chi connectivity index (χ1v) is 8.53. The van der Waals surface area contributed by atoms with Crippen molar-refractivity contribution in [3.8, 4) is 11.3 Å². The van der Waals surface area contributed by atoms with Gasteiger partial charge in [-0.2, -0.15) is 18.3 Å². The van der Waals surface area contributed by atoms with Crippen molar-refractivity contribution >= 4 is 17.2 Å². The number of thiazole rings is 1. The zero-order chi connectivity index (χ0) is 18.9. The van der Waals surface area contributed by atoms with Crippen molar-refractivity contribution in [2.45, 2.75) is 19.6 Å². The van der Waals surface area contributed by atoms with Crippen LogP contribution in [-0.4, -0.2) is 20.7 Å². The number of alkyl halides is 3. The molecule has 136 valence electrons. The number of nitrogens with one attached hydrogen (secondary N) is 1. The van der Waals surface area contributed by atoms with Crippen molar-refractivity contribution in [1.82, 2.24) is 20.1 Å². The molecule has 0 saturated heterocycles. The zero-order valence-corrected chi connectivity index (χ0v) is 14.8. The number of rotatable bonds is 4. The molecule has 9 heteroatoms. The Kier molecular flexibility index (Phi) is 4.82. The fourth-order valence-corrected chi connectivity index (χ4v) is 3.07. The van der Waals surface area contributed by atoms with Crippen molar-refractivity contribution in [1.29, 1.82) is 0 Å². The topological polar surface area (TPSA) is 59.8 Å². The summed E-state index contributed by atoms with van der Waals surface area (Å²) in [5, 5.41) is 9.02. The summed E-state index contributed by atoms with van der Waals surface area (Å²) in [6.07, 6.45) is -4.52. The quantitative estimate of drug-likeness (QED) is 0.749. The van der Waals surface area contributed by atoms with E-state index in [1.165, 1.54) is 18.4 Å². The Hall–Kier alpha value is -2.68. The van der Waals surface area contributed by atoms with Crippen LogP contribution < -0.4 is 5.32 Å². The summed E-state index contributed by atoms with van der Waals surface area (Å²) in [4.78, 5) is 16.6. The van der Waals surface area contributed by atoms with E-state index in [0.29, 0.717) is 11.1 Å². The van der Waals surface area contributed by atoms with Gasteiger partial charge in [0.2, 0.25) is 0 Å². The number of hydrogen-bond donors (Lipinski definition) is 1. The van der Waals surface area contributed by atoms with Crippen LogP contribution in [0.2, 0.25) is 0 Å². The second-order valence-corrected chi connectivity index (χ2v) is 6.72. The highest BCUT2D eigenvalue weighted by Crippen LogP contribution is 2.31. The lowest BCUT2D eigenvalue weighted by Gasteiger charge is -2.06. The number of halogens is 3. The van der Waals surface area contributed by atoms with E-state index in [9.17, 15) is 18.0 Å². The normalized spacial score (nSPS) is 11.6. The summed E-state index contributed by atoms with van der Waals surface area (Å²) >= 11 is 1.49. The molecule has 1 aromatic carbocycles. The lowest BCUT2D eigenvalue weighted by molar-refractivity contribution is -0.141. The van der Waals surface area contributed by atoms with Crippen molar-refractivity contribution in [3.63, 3.8) is 0 Å². The highest BCUT2D eigenvalue weighted by molar-refractivity contribution is 7.09. The van der Waals surface area contributed by atoms with Crippen LogP contribution in [0.25, 0.3) is 11.3 Å². The average Bonchev–Trinajstić information content (AvgIpc) is 3.18. The number of nitrogens with zero attached hydrogens (tertiary/aromatic N) is 3. The highest BCUT2D eigenvalue weighted by Gasteiger charge is 2.34. The van der Waals surface area contributed by atoms with E-state index in [0.717, 1.165) is 21.4 Å². The SMILES string of the molecule is Cc1nc(CNC(=O)c2cccc(-c3cc(C(F)(F)F)nn3C)c2)cs1. The Bertz CT molecular complexity index is 946. The lowest BCUT2D eigenvalue weighted by atomic mass is 10.1. The van der Waals surface area contributed by atoms with Gasteiger partial charge in [0.05, 0.1) is 22.9 Å². The third-order valence-corrected chi connectivity index (χ3v) is 4.51. The fraction of sp³-hybridized carbons (Fsp3) is 0.235. The molecule has 2 heterocycles. The summed E-state index contributed by atoms with van der Waals surface area (Å²) in [6, 6.07) is 7.37. The van der Waals surface area contributed by atoms with Gasteiger partial charge in [-0.3, -0.25) is 9.48 Å². The maximum absolute atomic E-state index is 12.8. The second kappa shape index (κ2) is 6.91. The van der Waals surface area contributed by atoms with Gasteiger partial charge in [-0.15, -0.1) is 11.3 Å². The molecular formula is C17H15F3N4OS. The standard InChI is InChI=1S/C17H15F3N4OS/c1-10-22-13(9-26-10)8-21-16(25)12-5-3-4-11(6-12)14-7-15(17(18,19)20)23-24(14)2/h3-7,9H,8H2,1-2H3,(H,21,25). The maximum atomic E-state index is 12.8. The third kappa shape index (κ3) is 3.93. The molecule has 26 heavy (non-hydrogen) atoms. The van der Waals surface area contributed by atoms with Crippen LogP contribution in [0.5, 0.6) is 0 Å². The minimum absolute atomic E-state index is 0.280. The van der Waals surface area contributed by atoms with Crippen molar-refractivity contribution < 1.29 is 18.0 Å². The van der Waals surface area contributed by atoms with Crippen LogP contribution in [0, 0.1) is 6.92 Å². The van der Waals surface area contributed by atoms with Gasteiger partial charge >= 0.3 is 6.18 Å². The number of aryl methyl sites for hydroxylation is 2. The molecule has 0 spiro atoms. The van der Waals surface area contributed by atoms with Crippen LogP contribution in [0.1, 0.15) is 26.8 Å². The minimum atomic E-state index is -4.52. The number of carbonyl (C=O) groups excluding carboxylic acids is 1. The predicted octanol–water partition coefficient (Wildman–Crippen LogP) is 3.80. The molecule has 0 aliphatic carbocycles. The summed E-state index contributed by atoms with van der Waals surface area (Å²) in [7, 11) is 1.43. The highest BCUT2D eigenvalue weighted by atomic mass is 32.1. The van der Waals surface area contributed by atoms with Gasteiger partial charge in [0.25, 0.3) is 5.91 Å². The predicted molar refractivity (Wildman–Crippen MR) is 91.7 cm³/mol. The molecule has 0 aliphatic rings. The average molecular weight is 380 g/mol. The van der Waals surface area contributed by atoms with Crippen LogP contribution >= 0.6 is 11.3 Å². The molecule has 0 fully saturated rings. The molecule has 2 aromatic heterocycles. The zero-order valence-electron chi connectivity index (χ0n) is 14.0. The van der Waals surface area contributed by atoms with E-state index in [1.807, 2.05) is 12.3 Å². The van der Waals surface area contributed by atoms with Gasteiger partial charge in [-0.05, 0) is 25.1 Å². The molecule has 1 amide bonds. The molecule has 0 unspecified atom stereocenters. The number of benzene rings is 1. The van der Waals surface area contributed by atoms with Crippen molar-refractivity contribution in [2.24, 2.45) is 7.05 Å².